The monoisotopic (exact) mass is 778 g/mol. The Hall–Kier alpha value is -8.21. The molecule has 0 N–H and O–H groups in total. The second-order valence-corrected chi connectivity index (χ2v) is 15.2. The van der Waals surface area contributed by atoms with Crippen molar-refractivity contribution in [2.75, 3.05) is 4.90 Å². The van der Waals surface area contributed by atoms with Crippen LogP contribution in [0, 0.1) is 0 Å². The largest absolute Gasteiger partial charge is 0.310 e. The first-order chi connectivity index (χ1) is 30.2. The van der Waals surface area contributed by atoms with Crippen molar-refractivity contribution in [2.24, 2.45) is 0 Å². The lowest BCUT2D eigenvalue weighted by Crippen LogP contribution is -2.09. The van der Waals surface area contributed by atoms with E-state index < -0.39 is 0 Å². The average molecular weight is 779 g/mol. The minimum absolute atomic E-state index is 0.682. The predicted octanol–water partition coefficient (Wildman–Crippen LogP) is 15.1. The van der Waals surface area contributed by atoms with Crippen molar-refractivity contribution in [3.63, 3.8) is 0 Å². The summed E-state index contributed by atoms with van der Waals surface area (Å²) in [6.45, 7) is 0. The van der Waals surface area contributed by atoms with Crippen molar-refractivity contribution in [3.05, 3.63) is 231 Å². The second kappa shape index (κ2) is 15.5. The molecule has 4 nitrogen and oxygen atoms in total. The average Bonchev–Trinajstić information content (AvgIpc) is 3.35. The molecule has 0 fully saturated rings. The molecule has 61 heavy (non-hydrogen) atoms. The number of rotatable bonds is 8. The third-order valence-corrected chi connectivity index (χ3v) is 11.5. The van der Waals surface area contributed by atoms with Crippen LogP contribution in [0.15, 0.2) is 231 Å². The summed E-state index contributed by atoms with van der Waals surface area (Å²) in [6, 6.07) is 80.9. The fraction of sp³-hybridized carbons (Fsp3) is 0. The van der Waals surface area contributed by atoms with Crippen LogP contribution in [0.2, 0.25) is 0 Å². The number of nitrogens with zero attached hydrogens (tertiary/aromatic N) is 4. The van der Waals surface area contributed by atoms with Gasteiger partial charge >= 0.3 is 0 Å². The van der Waals surface area contributed by atoms with Crippen LogP contribution in [0.25, 0.3) is 88.7 Å². The normalized spacial score (nSPS) is 11.3. The van der Waals surface area contributed by atoms with Crippen LogP contribution in [-0.4, -0.2) is 15.0 Å². The van der Waals surface area contributed by atoms with E-state index in [1.807, 2.05) is 12.1 Å². The number of anilines is 3. The highest BCUT2D eigenvalue weighted by Gasteiger charge is 2.19. The molecule has 0 aliphatic carbocycles. The molecular weight excluding hydrogens is 741 g/mol. The van der Waals surface area contributed by atoms with E-state index in [2.05, 4.69) is 223 Å². The molecule has 2 aromatic heterocycles. The number of benzene rings is 9. The molecule has 0 amide bonds. The van der Waals surface area contributed by atoms with Crippen molar-refractivity contribution in [1.29, 1.82) is 0 Å². The van der Waals surface area contributed by atoms with E-state index in [0.29, 0.717) is 5.82 Å². The van der Waals surface area contributed by atoms with E-state index in [1.54, 1.807) is 0 Å². The predicted molar refractivity (Wildman–Crippen MR) is 254 cm³/mol. The fourth-order valence-corrected chi connectivity index (χ4v) is 8.54. The first-order valence-corrected chi connectivity index (χ1v) is 20.6. The van der Waals surface area contributed by atoms with Gasteiger partial charge in [-0.05, 0) is 70.4 Å². The molecule has 0 aliphatic rings. The number of pyridine rings is 1. The Morgan fingerprint density at radius 3 is 1.49 bits per heavy atom. The van der Waals surface area contributed by atoms with Crippen LogP contribution in [-0.2, 0) is 0 Å². The van der Waals surface area contributed by atoms with Gasteiger partial charge in [-0.3, -0.25) is 0 Å². The fourth-order valence-electron chi connectivity index (χ4n) is 8.54. The van der Waals surface area contributed by atoms with Crippen molar-refractivity contribution in [1.82, 2.24) is 15.0 Å². The van der Waals surface area contributed by atoms with Crippen LogP contribution < -0.4 is 4.90 Å². The van der Waals surface area contributed by atoms with Crippen LogP contribution in [0.3, 0.4) is 0 Å². The van der Waals surface area contributed by atoms with Gasteiger partial charge in [-0.2, -0.15) is 0 Å². The Morgan fingerprint density at radius 1 is 0.295 bits per heavy atom. The molecule has 2 heterocycles. The van der Waals surface area contributed by atoms with Gasteiger partial charge < -0.3 is 4.90 Å². The Balaban J connectivity index is 1.15. The Bertz CT molecular complexity index is 3280. The third kappa shape index (κ3) is 6.76. The van der Waals surface area contributed by atoms with Gasteiger partial charge in [0, 0.05) is 55.5 Å². The SMILES string of the molecule is c1ccc(-c2ccc(-c3nc(-c4ccccc4)cc(-c4cccc5c4ccc4c(-c6ccccc6)nc6ccc(N(c7ccccc7)c7ccccc7)cc6c45)n3)cc2)cc1. The van der Waals surface area contributed by atoms with Gasteiger partial charge in [0.2, 0.25) is 0 Å². The van der Waals surface area contributed by atoms with E-state index in [4.69, 9.17) is 15.0 Å². The number of fused-ring (bicyclic) bond motifs is 5. The van der Waals surface area contributed by atoms with E-state index in [9.17, 15) is 0 Å². The molecule has 286 valence electrons. The van der Waals surface area contributed by atoms with Gasteiger partial charge in [-0.15, -0.1) is 0 Å². The number of hydrogen-bond donors (Lipinski definition) is 0. The molecule has 0 saturated heterocycles. The lowest BCUT2D eigenvalue weighted by Gasteiger charge is -2.26. The Labute approximate surface area is 354 Å². The number of para-hydroxylation sites is 2. The Kier molecular flexibility index (Phi) is 9.14. The van der Waals surface area contributed by atoms with Crippen molar-refractivity contribution in [3.8, 4) is 56.3 Å². The summed E-state index contributed by atoms with van der Waals surface area (Å²) in [4.78, 5) is 18.2. The molecule has 0 atom stereocenters. The summed E-state index contributed by atoms with van der Waals surface area (Å²) < 4.78 is 0. The molecule has 0 aliphatic heterocycles. The molecule has 11 aromatic rings. The summed E-state index contributed by atoms with van der Waals surface area (Å²) in [7, 11) is 0. The standard InChI is InChI=1S/C57H38N4/c1-6-17-39(18-7-1)40-29-31-43(32-30-40)57-59-53(41-19-8-2-9-20-41)38-54(60-57)48-27-16-28-49-47(48)34-35-50-55(49)51-37-46(33-36-52(51)58-56(50)42-21-10-3-11-22-42)61(44-23-12-4-13-24-44)45-25-14-5-15-26-45/h1-38H. The van der Waals surface area contributed by atoms with Crippen LogP contribution >= 0.6 is 0 Å². The summed E-state index contributed by atoms with van der Waals surface area (Å²) in [5.41, 5.74) is 13.3. The molecule has 4 heteroatoms. The van der Waals surface area contributed by atoms with Crippen molar-refractivity contribution >= 4 is 49.5 Å². The van der Waals surface area contributed by atoms with Gasteiger partial charge in [0.25, 0.3) is 0 Å². The summed E-state index contributed by atoms with van der Waals surface area (Å²) in [6.07, 6.45) is 0. The molecule has 0 bridgehead atoms. The minimum Gasteiger partial charge on any atom is -0.310 e. The minimum atomic E-state index is 0.682. The number of aromatic nitrogens is 3. The lowest BCUT2D eigenvalue weighted by molar-refractivity contribution is 1.18. The molecule has 0 radical (unpaired) electrons. The topological polar surface area (TPSA) is 41.9 Å². The summed E-state index contributed by atoms with van der Waals surface area (Å²) in [5.74, 6) is 0.682. The highest BCUT2D eigenvalue weighted by Crippen LogP contribution is 2.43. The van der Waals surface area contributed by atoms with Crippen LogP contribution in [0.4, 0.5) is 17.1 Å². The van der Waals surface area contributed by atoms with Gasteiger partial charge in [0.05, 0.1) is 22.6 Å². The molecular formula is C57H38N4. The van der Waals surface area contributed by atoms with E-state index in [-0.39, 0.29) is 0 Å². The first kappa shape index (κ1) is 35.9. The van der Waals surface area contributed by atoms with Crippen LogP contribution in [0.5, 0.6) is 0 Å². The van der Waals surface area contributed by atoms with Crippen molar-refractivity contribution in [2.45, 2.75) is 0 Å². The highest BCUT2D eigenvalue weighted by atomic mass is 15.1. The van der Waals surface area contributed by atoms with Crippen LogP contribution in [0.1, 0.15) is 0 Å². The van der Waals surface area contributed by atoms with E-state index in [1.165, 1.54) is 5.56 Å². The zero-order valence-corrected chi connectivity index (χ0v) is 33.2. The lowest BCUT2D eigenvalue weighted by atomic mass is 9.92. The highest BCUT2D eigenvalue weighted by molar-refractivity contribution is 6.24. The maximum Gasteiger partial charge on any atom is 0.160 e. The van der Waals surface area contributed by atoms with Gasteiger partial charge in [-0.1, -0.05) is 182 Å². The van der Waals surface area contributed by atoms with Gasteiger partial charge in [-0.25, -0.2) is 15.0 Å². The molecule has 0 saturated carbocycles. The van der Waals surface area contributed by atoms with E-state index >= 15 is 0 Å². The molecule has 11 rings (SSSR count). The summed E-state index contributed by atoms with van der Waals surface area (Å²) in [5, 5.41) is 5.58. The first-order valence-electron chi connectivity index (χ1n) is 20.6. The smallest absolute Gasteiger partial charge is 0.160 e. The zero-order valence-electron chi connectivity index (χ0n) is 33.2. The van der Waals surface area contributed by atoms with Crippen molar-refractivity contribution < 1.29 is 0 Å². The van der Waals surface area contributed by atoms with Gasteiger partial charge in [0.15, 0.2) is 5.82 Å². The maximum absolute atomic E-state index is 5.38. The quantitative estimate of drug-likeness (QED) is 0.144. The molecule has 9 aromatic carbocycles. The molecule has 0 spiro atoms. The van der Waals surface area contributed by atoms with E-state index in [0.717, 1.165) is 94.4 Å². The Morgan fingerprint density at radius 2 is 0.836 bits per heavy atom. The number of hydrogen-bond acceptors (Lipinski definition) is 4. The van der Waals surface area contributed by atoms with Gasteiger partial charge in [0.1, 0.15) is 0 Å². The third-order valence-electron chi connectivity index (χ3n) is 11.5. The summed E-state index contributed by atoms with van der Waals surface area (Å²) >= 11 is 0. The zero-order chi connectivity index (χ0) is 40.5. The second-order valence-electron chi connectivity index (χ2n) is 15.2. The maximum atomic E-state index is 5.38. The molecule has 0 unspecified atom stereocenters.